The molecule has 0 fully saturated rings. The molecule has 0 aliphatic carbocycles. The highest BCUT2D eigenvalue weighted by molar-refractivity contribution is 5.58. The van der Waals surface area contributed by atoms with E-state index in [1.165, 1.54) is 6.07 Å². The first-order valence-electron chi connectivity index (χ1n) is 8.50. The van der Waals surface area contributed by atoms with Gasteiger partial charge in [-0.15, -0.1) is 0 Å². The van der Waals surface area contributed by atoms with Crippen LogP contribution in [0, 0.1) is 6.92 Å². The average Bonchev–Trinajstić information content (AvgIpc) is 2.66. The number of aryl methyl sites for hydroxylation is 1. The summed E-state index contributed by atoms with van der Waals surface area (Å²) in [6.45, 7) is 2.29. The summed E-state index contributed by atoms with van der Waals surface area (Å²) < 4.78 is 43.7. The van der Waals surface area contributed by atoms with E-state index in [4.69, 9.17) is 4.74 Å². The molecule has 0 amide bonds. The third kappa shape index (κ3) is 5.12. The van der Waals surface area contributed by atoms with Crippen molar-refractivity contribution in [2.24, 2.45) is 0 Å². The lowest BCUT2D eigenvalue weighted by molar-refractivity contribution is -0.137. The Bertz CT molecular complexity index is 943. The van der Waals surface area contributed by atoms with Gasteiger partial charge >= 0.3 is 6.18 Å². The van der Waals surface area contributed by atoms with E-state index < -0.39 is 11.7 Å². The van der Waals surface area contributed by atoms with Gasteiger partial charge in [0.15, 0.2) is 0 Å². The highest BCUT2D eigenvalue weighted by Gasteiger charge is 2.30. The maximum Gasteiger partial charge on any atom is 0.416 e. The fourth-order valence-electron chi connectivity index (χ4n) is 2.56. The van der Waals surface area contributed by atoms with Gasteiger partial charge in [0.2, 0.25) is 5.95 Å². The van der Waals surface area contributed by atoms with Crippen LogP contribution in [0.2, 0.25) is 0 Å². The van der Waals surface area contributed by atoms with Gasteiger partial charge < -0.3 is 15.4 Å². The fourth-order valence-corrected chi connectivity index (χ4v) is 2.56. The summed E-state index contributed by atoms with van der Waals surface area (Å²) in [6, 6.07) is 14.2. The molecule has 3 rings (SSSR count). The Balaban J connectivity index is 1.72. The molecule has 0 spiro atoms. The Morgan fingerprint density at radius 2 is 1.75 bits per heavy atom. The fraction of sp³-hybridized carbons (Fsp3) is 0.200. The van der Waals surface area contributed by atoms with Gasteiger partial charge in [-0.25, -0.2) is 4.98 Å². The Morgan fingerprint density at radius 3 is 2.43 bits per heavy atom. The van der Waals surface area contributed by atoms with Gasteiger partial charge in [-0.3, -0.25) is 0 Å². The second-order valence-electron chi connectivity index (χ2n) is 6.12. The van der Waals surface area contributed by atoms with Crippen LogP contribution < -0.4 is 15.4 Å². The van der Waals surface area contributed by atoms with Crippen LogP contribution in [0.4, 0.5) is 30.6 Å². The van der Waals surface area contributed by atoms with E-state index in [1.807, 2.05) is 24.3 Å². The molecule has 0 aliphatic rings. The molecule has 0 atom stereocenters. The minimum absolute atomic E-state index is 0.300. The summed E-state index contributed by atoms with van der Waals surface area (Å²) in [5.41, 5.74) is 1.27. The topological polar surface area (TPSA) is 59.1 Å². The predicted molar refractivity (Wildman–Crippen MR) is 102 cm³/mol. The van der Waals surface area contributed by atoms with Gasteiger partial charge in [-0.2, -0.15) is 18.2 Å². The van der Waals surface area contributed by atoms with Crippen molar-refractivity contribution < 1.29 is 17.9 Å². The van der Waals surface area contributed by atoms with Crippen molar-refractivity contribution in [2.45, 2.75) is 19.6 Å². The number of hydrogen-bond donors (Lipinski definition) is 2. The second kappa shape index (κ2) is 8.16. The van der Waals surface area contributed by atoms with Crippen molar-refractivity contribution in [3.63, 3.8) is 0 Å². The molecule has 1 heterocycles. The lowest BCUT2D eigenvalue weighted by atomic mass is 10.2. The van der Waals surface area contributed by atoms with E-state index in [-0.39, 0.29) is 0 Å². The SMILES string of the molecule is COc1ccc(CNc2nc(C)cc(Nc3cccc(C(F)(F)F)c3)n2)cc1. The Morgan fingerprint density at radius 1 is 1.00 bits per heavy atom. The number of aromatic nitrogens is 2. The first-order chi connectivity index (χ1) is 13.3. The zero-order valence-corrected chi connectivity index (χ0v) is 15.3. The van der Waals surface area contributed by atoms with Crippen molar-refractivity contribution in [3.05, 3.63) is 71.4 Å². The molecule has 0 saturated carbocycles. The van der Waals surface area contributed by atoms with Crippen molar-refractivity contribution >= 4 is 17.5 Å². The number of benzene rings is 2. The molecule has 0 bridgehead atoms. The molecule has 28 heavy (non-hydrogen) atoms. The second-order valence-corrected chi connectivity index (χ2v) is 6.12. The maximum absolute atomic E-state index is 12.9. The molecular weight excluding hydrogens is 369 g/mol. The van der Waals surface area contributed by atoms with Crippen LogP contribution in [0.1, 0.15) is 16.8 Å². The molecular formula is C20H19F3N4O. The molecule has 8 heteroatoms. The lowest BCUT2D eigenvalue weighted by Crippen LogP contribution is -2.07. The number of methoxy groups -OCH3 is 1. The number of rotatable bonds is 6. The maximum atomic E-state index is 12.9. The van der Waals surface area contributed by atoms with Gasteiger partial charge in [-0.05, 0) is 42.8 Å². The number of ether oxygens (including phenoxy) is 1. The van der Waals surface area contributed by atoms with E-state index >= 15 is 0 Å². The van der Waals surface area contributed by atoms with Gasteiger partial charge in [0, 0.05) is 24.0 Å². The first-order valence-corrected chi connectivity index (χ1v) is 8.50. The zero-order valence-electron chi connectivity index (χ0n) is 15.3. The highest BCUT2D eigenvalue weighted by Crippen LogP contribution is 2.31. The third-order valence-electron chi connectivity index (χ3n) is 3.93. The van der Waals surface area contributed by atoms with Gasteiger partial charge in [0.05, 0.1) is 12.7 Å². The number of hydrogen-bond acceptors (Lipinski definition) is 5. The molecule has 5 nitrogen and oxygen atoms in total. The van der Waals surface area contributed by atoms with Crippen LogP contribution in [0.5, 0.6) is 5.75 Å². The van der Waals surface area contributed by atoms with Gasteiger partial charge in [0.1, 0.15) is 11.6 Å². The summed E-state index contributed by atoms with van der Waals surface area (Å²) in [6.07, 6.45) is -4.40. The number of halogens is 3. The predicted octanol–water partition coefficient (Wildman–Crippen LogP) is 5.17. The number of nitrogens with one attached hydrogen (secondary N) is 2. The smallest absolute Gasteiger partial charge is 0.416 e. The summed E-state index contributed by atoms with van der Waals surface area (Å²) in [7, 11) is 1.60. The Hall–Kier alpha value is -3.29. The molecule has 2 N–H and O–H groups in total. The van der Waals surface area contributed by atoms with E-state index in [0.717, 1.165) is 23.4 Å². The van der Waals surface area contributed by atoms with Crippen LogP contribution >= 0.6 is 0 Å². The summed E-state index contributed by atoms with van der Waals surface area (Å²) >= 11 is 0. The highest BCUT2D eigenvalue weighted by atomic mass is 19.4. The summed E-state index contributed by atoms with van der Waals surface area (Å²) in [4.78, 5) is 8.64. The van der Waals surface area contributed by atoms with Crippen LogP contribution in [0.25, 0.3) is 0 Å². The van der Waals surface area contributed by atoms with Crippen molar-refractivity contribution in [1.29, 1.82) is 0 Å². The molecule has 3 aromatic rings. The molecule has 0 aliphatic heterocycles. The normalized spacial score (nSPS) is 11.2. The number of anilines is 3. The largest absolute Gasteiger partial charge is 0.497 e. The van der Waals surface area contributed by atoms with Crippen molar-refractivity contribution in [2.75, 3.05) is 17.7 Å². The minimum Gasteiger partial charge on any atom is -0.497 e. The molecule has 1 aromatic heterocycles. The van der Waals surface area contributed by atoms with Crippen molar-refractivity contribution in [1.82, 2.24) is 9.97 Å². The minimum atomic E-state index is -4.40. The first kappa shape index (κ1) is 19.5. The van der Waals surface area contributed by atoms with Gasteiger partial charge in [0.25, 0.3) is 0 Å². The number of nitrogens with zero attached hydrogens (tertiary/aromatic N) is 2. The molecule has 0 unspecified atom stereocenters. The zero-order chi connectivity index (χ0) is 20.1. The van der Waals surface area contributed by atoms with Crippen LogP contribution in [-0.2, 0) is 12.7 Å². The molecule has 0 radical (unpaired) electrons. The third-order valence-corrected chi connectivity index (χ3v) is 3.93. The van der Waals surface area contributed by atoms with E-state index in [0.29, 0.717) is 29.7 Å². The monoisotopic (exact) mass is 388 g/mol. The average molecular weight is 388 g/mol. The number of alkyl halides is 3. The summed E-state index contributed by atoms with van der Waals surface area (Å²) in [5, 5.41) is 6.02. The summed E-state index contributed by atoms with van der Waals surface area (Å²) in [5.74, 6) is 1.55. The van der Waals surface area contributed by atoms with Crippen molar-refractivity contribution in [3.8, 4) is 5.75 Å². The quantitative estimate of drug-likeness (QED) is 0.610. The van der Waals surface area contributed by atoms with E-state index in [1.54, 1.807) is 26.2 Å². The van der Waals surface area contributed by atoms with Crippen LogP contribution in [-0.4, -0.2) is 17.1 Å². The Labute approximate surface area is 160 Å². The Kier molecular flexibility index (Phi) is 5.67. The molecule has 0 saturated heterocycles. The van der Waals surface area contributed by atoms with Gasteiger partial charge in [-0.1, -0.05) is 18.2 Å². The van der Waals surface area contributed by atoms with Crippen LogP contribution in [0.15, 0.2) is 54.6 Å². The molecule has 2 aromatic carbocycles. The standard InChI is InChI=1S/C20H19F3N4O/c1-13-10-18(26-16-5-3-4-15(11-16)20(21,22)23)27-19(25-13)24-12-14-6-8-17(28-2)9-7-14/h3-11H,12H2,1-2H3,(H2,24,25,26,27). The molecule has 146 valence electrons. The van der Waals surface area contributed by atoms with Crippen LogP contribution in [0.3, 0.4) is 0 Å². The lowest BCUT2D eigenvalue weighted by Gasteiger charge is -2.12. The van der Waals surface area contributed by atoms with E-state index in [9.17, 15) is 13.2 Å². The van der Waals surface area contributed by atoms with E-state index in [2.05, 4.69) is 20.6 Å².